The van der Waals surface area contributed by atoms with E-state index >= 15 is 0 Å². The fourth-order valence-electron chi connectivity index (χ4n) is 9.44. The molecule has 4 aliphatic carbocycles. The van der Waals surface area contributed by atoms with Crippen molar-refractivity contribution < 1.29 is 9.90 Å². The molecular formula is C27H43NO2. The molecule has 30 heavy (non-hydrogen) atoms. The van der Waals surface area contributed by atoms with Gasteiger partial charge < -0.3 is 5.11 Å². The van der Waals surface area contributed by atoms with Crippen molar-refractivity contribution >= 4 is 5.78 Å². The number of Topliss-reactive ketones (excluding diaryl/α,β-unsaturated/α-hetero) is 1. The monoisotopic (exact) mass is 413 g/mol. The van der Waals surface area contributed by atoms with E-state index in [0.717, 1.165) is 38.0 Å². The predicted octanol–water partition coefficient (Wildman–Crippen LogP) is 6.15. The number of hydrogen-bond donors (Lipinski definition) is 1. The molecule has 4 fully saturated rings. The quantitative estimate of drug-likeness (QED) is 0.550. The summed E-state index contributed by atoms with van der Waals surface area (Å²) in [6.45, 7) is 9.66. The minimum Gasteiger partial charge on any atom is -0.393 e. The number of carbonyl (C=O) groups excluding carboxylic acids is 1. The van der Waals surface area contributed by atoms with Crippen LogP contribution < -0.4 is 0 Å². The predicted molar refractivity (Wildman–Crippen MR) is 119 cm³/mol. The number of ketones is 1. The van der Waals surface area contributed by atoms with Crippen molar-refractivity contribution in [2.24, 2.45) is 52.3 Å². The molecule has 4 aliphatic rings. The molecule has 0 spiro atoms. The highest BCUT2D eigenvalue weighted by Crippen LogP contribution is 2.69. The number of unbranched alkanes of at least 4 members (excludes halogenated alkanes) is 1. The Bertz CT molecular complexity index is 697. The van der Waals surface area contributed by atoms with Crippen molar-refractivity contribution in [3.63, 3.8) is 0 Å². The van der Waals surface area contributed by atoms with E-state index in [1.165, 1.54) is 25.7 Å². The molecule has 168 valence electrons. The van der Waals surface area contributed by atoms with Crippen LogP contribution in [0.5, 0.6) is 0 Å². The van der Waals surface area contributed by atoms with Gasteiger partial charge in [-0.05, 0) is 97.2 Å². The van der Waals surface area contributed by atoms with Gasteiger partial charge in [-0.15, -0.1) is 0 Å². The lowest BCUT2D eigenvalue weighted by atomic mass is 9.41. The lowest BCUT2D eigenvalue weighted by Crippen LogP contribution is -2.61. The zero-order valence-electron chi connectivity index (χ0n) is 19.7. The molecule has 0 aromatic heterocycles. The Hall–Kier alpha value is -0.880. The highest BCUT2D eigenvalue weighted by molar-refractivity contribution is 5.79. The van der Waals surface area contributed by atoms with Crippen molar-refractivity contribution in [2.75, 3.05) is 0 Å². The number of fused-ring (bicyclic) bond motifs is 5. The third-order valence-corrected chi connectivity index (χ3v) is 10.9. The van der Waals surface area contributed by atoms with Crippen molar-refractivity contribution in [3.05, 3.63) is 0 Å². The van der Waals surface area contributed by atoms with Crippen LogP contribution in [0.4, 0.5) is 0 Å². The molecule has 0 heterocycles. The average Bonchev–Trinajstić information content (AvgIpc) is 3.07. The number of nitrogens with zero attached hydrogens (tertiary/aromatic N) is 1. The van der Waals surface area contributed by atoms with Gasteiger partial charge in [-0.25, -0.2) is 0 Å². The minimum absolute atomic E-state index is 0.232. The Kier molecular flexibility index (Phi) is 6.13. The Balaban J connectivity index is 1.61. The average molecular weight is 414 g/mol. The lowest BCUT2D eigenvalue weighted by molar-refractivity contribution is -0.194. The van der Waals surface area contributed by atoms with E-state index in [4.69, 9.17) is 5.26 Å². The summed E-state index contributed by atoms with van der Waals surface area (Å²) in [7, 11) is 0. The van der Waals surface area contributed by atoms with Crippen LogP contribution in [0.25, 0.3) is 0 Å². The largest absolute Gasteiger partial charge is 0.393 e. The second-order valence-electron chi connectivity index (χ2n) is 12.0. The molecule has 4 rings (SSSR count). The van der Waals surface area contributed by atoms with Crippen LogP contribution >= 0.6 is 0 Å². The first kappa shape index (κ1) is 22.3. The molecule has 1 N–H and O–H groups in total. The van der Waals surface area contributed by atoms with Crippen LogP contribution in [0.3, 0.4) is 0 Å². The zero-order chi connectivity index (χ0) is 21.7. The van der Waals surface area contributed by atoms with Crippen LogP contribution in [0.2, 0.25) is 0 Å². The maximum absolute atomic E-state index is 12.3. The zero-order valence-corrected chi connectivity index (χ0v) is 19.7. The van der Waals surface area contributed by atoms with E-state index in [9.17, 15) is 9.90 Å². The molecular weight excluding hydrogens is 370 g/mol. The van der Waals surface area contributed by atoms with Gasteiger partial charge in [0.2, 0.25) is 0 Å². The summed E-state index contributed by atoms with van der Waals surface area (Å²) >= 11 is 0. The molecule has 0 aromatic carbocycles. The highest BCUT2D eigenvalue weighted by atomic mass is 16.3. The van der Waals surface area contributed by atoms with E-state index in [1.54, 1.807) is 0 Å². The van der Waals surface area contributed by atoms with Crippen molar-refractivity contribution in [1.29, 1.82) is 5.26 Å². The highest BCUT2D eigenvalue weighted by Gasteiger charge is 2.64. The molecule has 3 nitrogen and oxygen atoms in total. The molecule has 0 saturated heterocycles. The summed E-state index contributed by atoms with van der Waals surface area (Å²) < 4.78 is 0. The molecule has 0 unspecified atom stereocenters. The van der Waals surface area contributed by atoms with E-state index in [0.29, 0.717) is 53.6 Å². The molecule has 4 saturated carbocycles. The Morgan fingerprint density at radius 2 is 1.87 bits per heavy atom. The minimum atomic E-state index is -0.235. The van der Waals surface area contributed by atoms with Crippen LogP contribution in [0.15, 0.2) is 0 Å². The molecule has 0 bridgehead atoms. The number of carbonyl (C=O) groups is 1. The number of hydrogen-bond acceptors (Lipinski definition) is 3. The van der Waals surface area contributed by atoms with E-state index in [2.05, 4.69) is 33.8 Å². The van der Waals surface area contributed by atoms with Crippen LogP contribution in [0.1, 0.15) is 98.3 Å². The van der Waals surface area contributed by atoms with E-state index < -0.39 is 0 Å². The molecule has 0 aliphatic heterocycles. The maximum Gasteiger partial charge on any atom is 0.133 e. The third kappa shape index (κ3) is 3.28. The van der Waals surface area contributed by atoms with Gasteiger partial charge in [0.1, 0.15) is 5.78 Å². The van der Waals surface area contributed by atoms with Gasteiger partial charge in [0.05, 0.1) is 12.2 Å². The molecule has 10 atom stereocenters. The summed E-state index contributed by atoms with van der Waals surface area (Å²) in [6, 6.07) is 2.31. The Morgan fingerprint density at radius 3 is 2.57 bits per heavy atom. The summed E-state index contributed by atoms with van der Waals surface area (Å²) in [5.41, 5.74) is 0.566. The summed E-state index contributed by atoms with van der Waals surface area (Å²) in [5, 5.41) is 20.6. The van der Waals surface area contributed by atoms with Crippen LogP contribution in [-0.4, -0.2) is 17.0 Å². The second kappa shape index (κ2) is 8.23. The van der Waals surface area contributed by atoms with Gasteiger partial charge >= 0.3 is 0 Å². The SMILES string of the molecule is CC[C@@H]1[C@@H](O)[C@@H]2[C@H](CC[C@]3(C)[C@@H]([C@H](C)CCCC#N)CC[C@@H]23)[C@@]2(C)CCC(=O)C[C@@H]12. The van der Waals surface area contributed by atoms with Gasteiger partial charge in [0.15, 0.2) is 0 Å². The summed E-state index contributed by atoms with van der Waals surface area (Å²) in [5.74, 6) is 4.12. The number of rotatable bonds is 5. The van der Waals surface area contributed by atoms with Crippen molar-refractivity contribution in [1.82, 2.24) is 0 Å². The first-order valence-corrected chi connectivity index (χ1v) is 12.8. The van der Waals surface area contributed by atoms with Gasteiger partial charge in [0, 0.05) is 19.3 Å². The molecule has 0 amide bonds. The third-order valence-electron chi connectivity index (χ3n) is 10.9. The molecule has 3 heteroatoms. The van der Waals surface area contributed by atoms with E-state index in [-0.39, 0.29) is 17.4 Å². The van der Waals surface area contributed by atoms with Gasteiger partial charge in [-0.1, -0.05) is 34.1 Å². The number of nitriles is 1. The molecule has 0 aromatic rings. The van der Waals surface area contributed by atoms with E-state index in [1.807, 2.05) is 0 Å². The van der Waals surface area contributed by atoms with Gasteiger partial charge in [-0.2, -0.15) is 5.26 Å². The second-order valence-corrected chi connectivity index (χ2v) is 12.0. The number of aliphatic hydroxyl groups is 1. The number of aliphatic hydroxyl groups excluding tert-OH is 1. The fourth-order valence-corrected chi connectivity index (χ4v) is 9.44. The van der Waals surface area contributed by atoms with Gasteiger partial charge in [0.25, 0.3) is 0 Å². The first-order chi connectivity index (χ1) is 14.3. The summed E-state index contributed by atoms with van der Waals surface area (Å²) in [4.78, 5) is 12.3. The van der Waals surface area contributed by atoms with Crippen molar-refractivity contribution in [3.8, 4) is 6.07 Å². The van der Waals surface area contributed by atoms with Crippen LogP contribution in [0, 0.1) is 63.6 Å². The van der Waals surface area contributed by atoms with Gasteiger partial charge in [-0.3, -0.25) is 4.79 Å². The Morgan fingerprint density at radius 1 is 1.13 bits per heavy atom. The van der Waals surface area contributed by atoms with Crippen molar-refractivity contribution in [2.45, 2.75) is 104 Å². The summed E-state index contributed by atoms with van der Waals surface area (Å²) in [6.07, 6.45) is 11.2. The smallest absolute Gasteiger partial charge is 0.133 e. The normalized spacial score (nSPS) is 48.9. The fraction of sp³-hybridized carbons (Fsp3) is 0.926. The Labute approximate surface area is 184 Å². The first-order valence-electron chi connectivity index (χ1n) is 12.8. The topological polar surface area (TPSA) is 61.1 Å². The standard InChI is InChI=1S/C27H43NO2/c1-5-19-23-16-18(29)11-13-27(23,4)22-12-14-26(3)20(17(2)8-6-7-15-28)9-10-21(26)24(22)25(19)30/h17,19-25,30H,5-14,16H2,1-4H3/t17-,19+,20-,21+,22+,23+,24+,25-,26-,27-/m1/s1. The lowest BCUT2D eigenvalue weighted by Gasteiger charge is -2.64. The maximum atomic E-state index is 12.3. The van der Waals surface area contributed by atoms with Crippen LogP contribution in [-0.2, 0) is 4.79 Å². The molecule has 0 radical (unpaired) electrons.